The highest BCUT2D eigenvalue weighted by molar-refractivity contribution is 6.00. The Morgan fingerprint density at radius 2 is 1.68 bits per heavy atom. The van der Waals surface area contributed by atoms with Gasteiger partial charge in [-0.05, 0) is 67.6 Å². The van der Waals surface area contributed by atoms with E-state index in [1.807, 2.05) is 60.0 Å². The first-order valence-electron chi connectivity index (χ1n) is 10.2. The van der Waals surface area contributed by atoms with Crippen LogP contribution in [0.5, 0.6) is 5.75 Å². The molecule has 4 rings (SSSR count). The van der Waals surface area contributed by atoms with E-state index in [2.05, 4.69) is 10.3 Å². The van der Waals surface area contributed by atoms with Gasteiger partial charge in [0.2, 0.25) is 5.91 Å². The lowest BCUT2D eigenvalue weighted by Crippen LogP contribution is -2.13. The molecule has 0 spiro atoms. The molecular weight excluding hydrogens is 390 g/mol. The lowest BCUT2D eigenvalue weighted by Gasteiger charge is -2.08. The number of Topliss-reactive ketones (excluding diaryl/α,β-unsaturated/α-hetero) is 1. The number of nitrogens with one attached hydrogen (secondary N) is 1. The summed E-state index contributed by atoms with van der Waals surface area (Å²) >= 11 is 0. The third-order valence-corrected chi connectivity index (χ3v) is 4.95. The van der Waals surface area contributed by atoms with Gasteiger partial charge >= 0.3 is 0 Å². The van der Waals surface area contributed by atoms with Crippen molar-refractivity contribution in [1.29, 1.82) is 0 Å². The van der Waals surface area contributed by atoms with Crippen LogP contribution in [0.3, 0.4) is 0 Å². The Bertz CT molecular complexity index is 1190. The van der Waals surface area contributed by atoms with Gasteiger partial charge < -0.3 is 10.1 Å². The van der Waals surface area contributed by atoms with Crippen molar-refractivity contribution < 1.29 is 14.3 Å². The number of hydrogen-bond acceptors (Lipinski definition) is 4. The Balaban J connectivity index is 1.33. The zero-order valence-electron chi connectivity index (χ0n) is 17.2. The van der Waals surface area contributed by atoms with Crippen LogP contribution in [0.4, 0.5) is 5.69 Å². The quantitative estimate of drug-likeness (QED) is 0.411. The molecule has 3 aromatic carbocycles. The number of rotatable bonds is 8. The highest BCUT2D eigenvalue weighted by Crippen LogP contribution is 2.20. The minimum Gasteiger partial charge on any atom is -0.494 e. The van der Waals surface area contributed by atoms with Crippen molar-refractivity contribution >= 4 is 28.4 Å². The van der Waals surface area contributed by atoms with Crippen LogP contribution in [0.2, 0.25) is 0 Å². The Labute approximate surface area is 180 Å². The van der Waals surface area contributed by atoms with Crippen molar-refractivity contribution in [3.63, 3.8) is 0 Å². The van der Waals surface area contributed by atoms with E-state index in [0.717, 1.165) is 22.5 Å². The number of para-hydroxylation sites is 2. The lowest BCUT2D eigenvalue weighted by molar-refractivity contribution is -0.116. The Kier molecular flexibility index (Phi) is 6.08. The van der Waals surface area contributed by atoms with Crippen LogP contribution in [-0.2, 0) is 4.79 Å². The highest BCUT2D eigenvalue weighted by Gasteiger charge is 2.10. The average molecular weight is 413 g/mol. The maximum absolute atomic E-state index is 12.3. The third kappa shape index (κ3) is 4.80. The van der Waals surface area contributed by atoms with Crippen molar-refractivity contribution in [2.24, 2.45) is 0 Å². The number of ether oxygens (including phenoxy) is 1. The number of aromatic nitrogens is 2. The maximum atomic E-state index is 12.3. The minimum atomic E-state index is -0.194. The number of benzene rings is 3. The number of ketones is 1. The number of carbonyl (C=O) groups is 2. The summed E-state index contributed by atoms with van der Waals surface area (Å²) in [5, 5.41) is 2.85. The highest BCUT2D eigenvalue weighted by atomic mass is 16.5. The van der Waals surface area contributed by atoms with Gasteiger partial charge in [-0.1, -0.05) is 12.1 Å². The van der Waals surface area contributed by atoms with Crippen LogP contribution in [-0.4, -0.2) is 27.8 Å². The number of nitrogens with zero attached hydrogens (tertiary/aromatic N) is 2. The molecule has 156 valence electrons. The van der Waals surface area contributed by atoms with E-state index < -0.39 is 0 Å². The molecule has 0 unspecified atom stereocenters. The van der Waals surface area contributed by atoms with Gasteiger partial charge in [0.1, 0.15) is 12.1 Å². The van der Waals surface area contributed by atoms with E-state index in [9.17, 15) is 9.59 Å². The van der Waals surface area contributed by atoms with Gasteiger partial charge in [0.15, 0.2) is 5.78 Å². The van der Waals surface area contributed by atoms with E-state index in [0.29, 0.717) is 17.9 Å². The summed E-state index contributed by atoms with van der Waals surface area (Å²) < 4.78 is 7.37. The SMILES string of the molecule is CCOc1ccc(C(=O)CCC(=O)Nc2ccc(-n3cnc4ccccc43)cc2)cc1. The maximum Gasteiger partial charge on any atom is 0.224 e. The van der Waals surface area contributed by atoms with E-state index in [1.54, 1.807) is 30.6 Å². The third-order valence-electron chi connectivity index (χ3n) is 4.95. The predicted octanol–water partition coefficient (Wildman–Crippen LogP) is 5.03. The van der Waals surface area contributed by atoms with Crippen LogP contribution >= 0.6 is 0 Å². The fourth-order valence-electron chi connectivity index (χ4n) is 3.37. The smallest absolute Gasteiger partial charge is 0.224 e. The predicted molar refractivity (Wildman–Crippen MR) is 121 cm³/mol. The summed E-state index contributed by atoms with van der Waals surface area (Å²) in [7, 11) is 0. The van der Waals surface area contributed by atoms with Gasteiger partial charge in [-0.25, -0.2) is 4.98 Å². The Hall–Kier alpha value is -3.93. The molecule has 4 aromatic rings. The van der Waals surface area contributed by atoms with Crippen LogP contribution < -0.4 is 10.1 Å². The van der Waals surface area contributed by atoms with Crippen molar-refractivity contribution in [3.8, 4) is 11.4 Å². The molecule has 0 saturated carbocycles. The molecule has 0 fully saturated rings. The first kappa shape index (κ1) is 20.3. The normalized spacial score (nSPS) is 10.7. The second-order valence-electron chi connectivity index (χ2n) is 7.08. The number of anilines is 1. The molecule has 0 aliphatic rings. The summed E-state index contributed by atoms with van der Waals surface area (Å²) in [4.78, 5) is 29.0. The van der Waals surface area contributed by atoms with Crippen LogP contribution in [0, 0.1) is 0 Å². The largest absolute Gasteiger partial charge is 0.494 e. The molecule has 0 radical (unpaired) electrons. The van der Waals surface area contributed by atoms with Crippen LogP contribution in [0.15, 0.2) is 79.1 Å². The summed E-state index contributed by atoms with van der Waals surface area (Å²) in [5.41, 5.74) is 4.17. The summed E-state index contributed by atoms with van der Waals surface area (Å²) in [5.74, 6) is 0.463. The van der Waals surface area contributed by atoms with Crippen molar-refractivity contribution in [2.45, 2.75) is 19.8 Å². The topological polar surface area (TPSA) is 73.2 Å². The number of carbonyl (C=O) groups excluding carboxylic acids is 2. The molecule has 6 heteroatoms. The minimum absolute atomic E-state index is 0.0690. The molecule has 6 nitrogen and oxygen atoms in total. The molecule has 1 N–H and O–H groups in total. The Morgan fingerprint density at radius 3 is 2.42 bits per heavy atom. The average Bonchev–Trinajstić information content (AvgIpc) is 3.23. The standard InChI is InChI=1S/C25H23N3O3/c1-2-31-21-13-7-18(8-14-21)24(29)15-16-25(30)27-19-9-11-20(12-10-19)28-17-26-22-5-3-4-6-23(22)28/h3-14,17H,2,15-16H2,1H3,(H,27,30). The molecule has 31 heavy (non-hydrogen) atoms. The summed E-state index contributed by atoms with van der Waals surface area (Å²) in [6.45, 7) is 2.48. The van der Waals surface area contributed by atoms with Crippen molar-refractivity contribution in [1.82, 2.24) is 9.55 Å². The lowest BCUT2D eigenvalue weighted by atomic mass is 10.1. The second kappa shape index (κ2) is 9.26. The molecule has 1 heterocycles. The monoisotopic (exact) mass is 413 g/mol. The van der Waals surface area contributed by atoms with E-state index in [-0.39, 0.29) is 24.5 Å². The fourth-order valence-corrected chi connectivity index (χ4v) is 3.37. The molecule has 0 bridgehead atoms. The zero-order chi connectivity index (χ0) is 21.6. The Morgan fingerprint density at radius 1 is 0.935 bits per heavy atom. The van der Waals surface area contributed by atoms with E-state index >= 15 is 0 Å². The van der Waals surface area contributed by atoms with Crippen molar-refractivity contribution in [2.75, 3.05) is 11.9 Å². The number of fused-ring (bicyclic) bond motifs is 1. The molecule has 0 aliphatic heterocycles. The fraction of sp³-hybridized carbons (Fsp3) is 0.160. The molecule has 0 saturated heterocycles. The molecule has 0 aliphatic carbocycles. The van der Waals surface area contributed by atoms with E-state index in [1.165, 1.54) is 0 Å². The number of imidazole rings is 1. The summed E-state index contributed by atoms with van der Waals surface area (Å²) in [6, 6.07) is 22.4. The van der Waals surface area contributed by atoms with Crippen LogP contribution in [0.25, 0.3) is 16.7 Å². The van der Waals surface area contributed by atoms with Gasteiger partial charge in [0.05, 0.1) is 17.6 Å². The van der Waals surface area contributed by atoms with Crippen molar-refractivity contribution in [3.05, 3.63) is 84.7 Å². The van der Waals surface area contributed by atoms with Gasteiger partial charge in [0.25, 0.3) is 0 Å². The van der Waals surface area contributed by atoms with Gasteiger partial charge in [0, 0.05) is 29.8 Å². The number of amides is 1. The summed E-state index contributed by atoms with van der Waals surface area (Å²) in [6.07, 6.45) is 2.06. The van der Waals surface area contributed by atoms with E-state index in [4.69, 9.17) is 4.74 Å². The van der Waals surface area contributed by atoms with Gasteiger partial charge in [-0.2, -0.15) is 0 Å². The molecular formula is C25H23N3O3. The first-order valence-corrected chi connectivity index (χ1v) is 10.2. The van der Waals surface area contributed by atoms with Gasteiger partial charge in [-0.15, -0.1) is 0 Å². The molecule has 0 atom stereocenters. The first-order chi connectivity index (χ1) is 15.1. The van der Waals surface area contributed by atoms with Crippen LogP contribution in [0.1, 0.15) is 30.1 Å². The second-order valence-corrected chi connectivity index (χ2v) is 7.08. The molecule has 1 amide bonds. The van der Waals surface area contributed by atoms with Gasteiger partial charge in [-0.3, -0.25) is 14.2 Å². The molecule has 1 aromatic heterocycles. The zero-order valence-corrected chi connectivity index (χ0v) is 17.2. The number of hydrogen-bond donors (Lipinski definition) is 1.